The quantitative estimate of drug-likeness (QED) is 0.236. The number of ether oxygens (including phenoxy) is 2. The van der Waals surface area contributed by atoms with Crippen LogP contribution in [0.25, 0.3) is 10.8 Å². The molecule has 2 amide bonds. The van der Waals surface area contributed by atoms with Crippen LogP contribution in [0.3, 0.4) is 0 Å². The first kappa shape index (κ1) is 30.3. The van der Waals surface area contributed by atoms with Gasteiger partial charge in [0.1, 0.15) is 17.9 Å². The molecule has 3 aromatic carbocycles. The van der Waals surface area contributed by atoms with Crippen molar-refractivity contribution >= 4 is 38.4 Å². The molecule has 0 spiro atoms. The predicted octanol–water partition coefficient (Wildman–Crippen LogP) is 2.64. The van der Waals surface area contributed by atoms with Crippen LogP contribution in [0.1, 0.15) is 36.8 Å². The van der Waals surface area contributed by atoms with Gasteiger partial charge in [-0.15, -0.1) is 0 Å². The highest BCUT2D eigenvalue weighted by atomic mass is 32.2. The highest BCUT2D eigenvalue weighted by molar-refractivity contribution is 7.89. The standard InChI is InChI=1S/C31H37N5O6S/c1-41-27-18-22-10-11-24(17-23(22)19-28(27)42-2)43(39,40)34-25-12-15-36(30(25)37)26(31(38)35-13-4-3-5-14-35)16-20-6-8-21(9-7-20)29(32)33/h6-11,17-19,25-26,34H,3-5,12-16H2,1-2H3,(H3,32,33). The summed E-state index contributed by atoms with van der Waals surface area (Å²) in [5, 5.41) is 9.05. The van der Waals surface area contributed by atoms with E-state index in [2.05, 4.69) is 4.72 Å². The number of nitrogens with zero attached hydrogens (tertiary/aromatic N) is 2. The van der Waals surface area contributed by atoms with E-state index in [0.717, 1.165) is 30.2 Å². The number of amides is 2. The summed E-state index contributed by atoms with van der Waals surface area (Å²) in [4.78, 5) is 30.8. The molecule has 3 aromatic rings. The van der Waals surface area contributed by atoms with Gasteiger partial charge in [0.25, 0.3) is 0 Å². The van der Waals surface area contributed by atoms with Crippen molar-refractivity contribution in [2.24, 2.45) is 5.73 Å². The number of likely N-dealkylation sites (tertiary alicyclic amines) is 2. The van der Waals surface area contributed by atoms with Gasteiger partial charge in [-0.2, -0.15) is 4.72 Å². The third-order valence-corrected chi connectivity index (χ3v) is 9.65. The number of nitrogens with two attached hydrogens (primary N) is 1. The Labute approximate surface area is 251 Å². The zero-order valence-electron chi connectivity index (χ0n) is 24.3. The second kappa shape index (κ2) is 12.6. The van der Waals surface area contributed by atoms with Crippen LogP contribution in [0.4, 0.5) is 0 Å². The molecule has 12 heteroatoms. The van der Waals surface area contributed by atoms with Gasteiger partial charge in [0.05, 0.1) is 19.1 Å². The number of benzene rings is 3. The molecular weight excluding hydrogens is 570 g/mol. The second-order valence-electron chi connectivity index (χ2n) is 10.9. The molecule has 4 N–H and O–H groups in total. The van der Waals surface area contributed by atoms with Crippen molar-refractivity contribution < 1.29 is 27.5 Å². The number of fused-ring (bicyclic) bond motifs is 1. The maximum absolute atomic E-state index is 13.8. The fourth-order valence-corrected chi connectivity index (χ4v) is 7.05. The van der Waals surface area contributed by atoms with E-state index in [-0.39, 0.29) is 36.0 Å². The Morgan fingerprint density at radius 1 is 0.977 bits per heavy atom. The molecule has 0 aromatic heterocycles. The van der Waals surface area contributed by atoms with Gasteiger partial charge in [0.2, 0.25) is 21.8 Å². The molecule has 0 radical (unpaired) electrons. The zero-order chi connectivity index (χ0) is 30.7. The third-order valence-electron chi connectivity index (χ3n) is 8.18. The molecular formula is C31H37N5O6S. The molecule has 0 aliphatic carbocycles. The maximum Gasteiger partial charge on any atom is 0.245 e. The number of carbonyl (C=O) groups is 2. The number of amidine groups is 1. The molecule has 2 unspecified atom stereocenters. The Hall–Kier alpha value is -4.16. The van der Waals surface area contributed by atoms with E-state index >= 15 is 0 Å². The van der Waals surface area contributed by atoms with Crippen LogP contribution in [0.2, 0.25) is 0 Å². The summed E-state index contributed by atoms with van der Waals surface area (Å²) in [5.74, 6) is 0.392. The highest BCUT2D eigenvalue weighted by Gasteiger charge is 2.42. The van der Waals surface area contributed by atoms with Crippen molar-refractivity contribution in [2.45, 2.75) is 49.1 Å². The fourth-order valence-electron chi connectivity index (χ4n) is 5.80. The Balaban J connectivity index is 1.37. The largest absolute Gasteiger partial charge is 0.493 e. The molecule has 2 heterocycles. The lowest BCUT2D eigenvalue weighted by Crippen LogP contribution is -2.53. The van der Waals surface area contributed by atoms with E-state index in [1.54, 1.807) is 47.4 Å². The van der Waals surface area contributed by atoms with Gasteiger partial charge in [-0.05, 0) is 66.3 Å². The minimum absolute atomic E-state index is 0.0185. The topological polar surface area (TPSA) is 155 Å². The number of hydrogen-bond donors (Lipinski definition) is 3. The average Bonchev–Trinajstić information content (AvgIpc) is 3.37. The Kier molecular flexibility index (Phi) is 8.88. The van der Waals surface area contributed by atoms with Crippen molar-refractivity contribution in [2.75, 3.05) is 33.9 Å². The number of sulfonamides is 1. The predicted molar refractivity (Wildman–Crippen MR) is 163 cm³/mol. The van der Waals surface area contributed by atoms with Gasteiger partial charge < -0.3 is 25.0 Å². The number of rotatable bonds is 10. The van der Waals surface area contributed by atoms with Gasteiger partial charge in [0.15, 0.2) is 11.5 Å². The van der Waals surface area contributed by atoms with Crippen molar-refractivity contribution in [3.63, 3.8) is 0 Å². The van der Waals surface area contributed by atoms with Crippen molar-refractivity contribution in [3.05, 3.63) is 65.7 Å². The minimum atomic E-state index is -4.06. The van der Waals surface area contributed by atoms with E-state index in [1.807, 2.05) is 0 Å². The summed E-state index contributed by atoms with van der Waals surface area (Å²) in [7, 11) is -1.02. The molecule has 2 atom stereocenters. The molecule has 43 heavy (non-hydrogen) atoms. The number of carbonyl (C=O) groups excluding carboxylic acids is 2. The molecule has 2 fully saturated rings. The number of piperidine rings is 1. The SMILES string of the molecule is COc1cc2ccc(S(=O)(=O)NC3CCN(C(Cc4ccc(C(=N)N)cc4)C(=O)N4CCCCC4)C3=O)cc2cc1OC. The van der Waals surface area contributed by atoms with Crippen molar-refractivity contribution in [1.82, 2.24) is 14.5 Å². The Morgan fingerprint density at radius 3 is 2.26 bits per heavy atom. The van der Waals surface area contributed by atoms with Gasteiger partial charge in [0, 0.05) is 31.6 Å². The van der Waals surface area contributed by atoms with Crippen LogP contribution in [-0.4, -0.2) is 81.8 Å². The lowest BCUT2D eigenvalue weighted by atomic mass is 10.0. The minimum Gasteiger partial charge on any atom is -0.493 e. The summed E-state index contributed by atoms with van der Waals surface area (Å²) in [5.41, 5.74) is 6.98. The molecule has 11 nitrogen and oxygen atoms in total. The number of methoxy groups -OCH3 is 2. The van der Waals surface area contributed by atoms with E-state index in [1.165, 1.54) is 31.3 Å². The summed E-state index contributed by atoms with van der Waals surface area (Å²) < 4.78 is 40.2. The van der Waals surface area contributed by atoms with Crippen LogP contribution < -0.4 is 19.9 Å². The summed E-state index contributed by atoms with van der Waals surface area (Å²) in [6.45, 7) is 1.52. The van der Waals surface area contributed by atoms with Crippen LogP contribution in [-0.2, 0) is 26.0 Å². The normalized spacial score (nSPS) is 18.1. The van der Waals surface area contributed by atoms with Crippen LogP contribution in [0.5, 0.6) is 11.5 Å². The van der Waals surface area contributed by atoms with Crippen molar-refractivity contribution in [3.8, 4) is 11.5 Å². The third kappa shape index (κ3) is 6.45. The lowest BCUT2D eigenvalue weighted by molar-refractivity contribution is -0.144. The van der Waals surface area contributed by atoms with E-state index in [4.69, 9.17) is 20.6 Å². The van der Waals surface area contributed by atoms with E-state index in [9.17, 15) is 18.0 Å². The van der Waals surface area contributed by atoms with Crippen LogP contribution in [0, 0.1) is 5.41 Å². The molecule has 0 saturated carbocycles. The van der Waals surface area contributed by atoms with Gasteiger partial charge >= 0.3 is 0 Å². The molecule has 2 aliphatic rings. The smallest absolute Gasteiger partial charge is 0.245 e. The van der Waals surface area contributed by atoms with Gasteiger partial charge in [-0.3, -0.25) is 15.0 Å². The van der Waals surface area contributed by atoms with E-state index in [0.29, 0.717) is 35.5 Å². The summed E-state index contributed by atoms with van der Waals surface area (Å²) in [6.07, 6.45) is 3.39. The monoisotopic (exact) mass is 607 g/mol. The van der Waals surface area contributed by atoms with E-state index < -0.39 is 28.0 Å². The summed E-state index contributed by atoms with van der Waals surface area (Å²) >= 11 is 0. The second-order valence-corrected chi connectivity index (χ2v) is 12.6. The molecule has 0 bridgehead atoms. The highest BCUT2D eigenvalue weighted by Crippen LogP contribution is 2.33. The first-order chi connectivity index (χ1) is 20.6. The Morgan fingerprint density at radius 2 is 1.63 bits per heavy atom. The maximum atomic E-state index is 13.8. The van der Waals surface area contributed by atoms with Crippen LogP contribution >= 0.6 is 0 Å². The fraction of sp³-hybridized carbons (Fsp3) is 0.387. The van der Waals surface area contributed by atoms with Gasteiger partial charge in [-0.1, -0.05) is 30.3 Å². The number of nitrogens with one attached hydrogen (secondary N) is 2. The number of nitrogen functional groups attached to an aromatic ring is 1. The molecule has 228 valence electrons. The lowest BCUT2D eigenvalue weighted by Gasteiger charge is -2.34. The van der Waals surface area contributed by atoms with Crippen LogP contribution in [0.15, 0.2) is 59.5 Å². The molecule has 2 aliphatic heterocycles. The van der Waals surface area contributed by atoms with Crippen molar-refractivity contribution in [1.29, 1.82) is 5.41 Å². The average molecular weight is 608 g/mol. The summed E-state index contributed by atoms with van der Waals surface area (Å²) in [6, 6.07) is 13.4. The molecule has 5 rings (SSSR count). The molecule has 2 saturated heterocycles. The first-order valence-corrected chi connectivity index (χ1v) is 15.8. The first-order valence-electron chi connectivity index (χ1n) is 14.3. The zero-order valence-corrected chi connectivity index (χ0v) is 25.2. The number of hydrogen-bond acceptors (Lipinski definition) is 7. The Bertz CT molecular complexity index is 1640. The van der Waals surface area contributed by atoms with Gasteiger partial charge in [-0.25, -0.2) is 8.42 Å².